The molecule has 0 N–H and O–H groups in total. The predicted octanol–water partition coefficient (Wildman–Crippen LogP) is 5.13. The number of nitrogens with zero attached hydrogens (tertiary/aromatic N) is 1. The Balaban J connectivity index is 2.39. The second kappa shape index (κ2) is 6.49. The predicted molar refractivity (Wildman–Crippen MR) is 88.5 cm³/mol. The maximum absolute atomic E-state index is 6.08. The monoisotopic (exact) mass is 293 g/mol. The van der Waals surface area contributed by atoms with Crippen LogP contribution in [0.1, 0.15) is 51.5 Å². The van der Waals surface area contributed by atoms with Gasteiger partial charge in [0, 0.05) is 16.5 Å². The van der Waals surface area contributed by atoms with Crippen molar-refractivity contribution in [1.29, 1.82) is 0 Å². The van der Waals surface area contributed by atoms with E-state index in [1.54, 1.807) is 0 Å². The van der Waals surface area contributed by atoms with E-state index in [-0.39, 0.29) is 0 Å². The quantitative estimate of drug-likeness (QED) is 0.727. The first kappa shape index (κ1) is 15.9. The number of likely N-dealkylation sites (N-methyl/N-ethyl adjacent to an activating group) is 1. The van der Waals surface area contributed by atoms with Crippen LogP contribution in [0.15, 0.2) is 24.3 Å². The summed E-state index contributed by atoms with van der Waals surface area (Å²) in [4.78, 5) is 2.44. The third kappa shape index (κ3) is 3.20. The summed E-state index contributed by atoms with van der Waals surface area (Å²) < 4.78 is 0. The van der Waals surface area contributed by atoms with Crippen LogP contribution in [0.3, 0.4) is 0 Å². The molecule has 0 spiro atoms. The minimum atomic E-state index is 0.318. The summed E-state index contributed by atoms with van der Waals surface area (Å²) in [5, 5.41) is 0.840. The standard InChI is InChI=1S/C18H28ClN/c1-14(2)13-17(20(3)4)18(11-5-6-12-18)15-7-9-16(19)10-8-15/h7-10,14,17H,5-6,11-13H2,1-4H3. The van der Waals surface area contributed by atoms with Gasteiger partial charge in [0.2, 0.25) is 0 Å². The molecular formula is C18H28ClN. The van der Waals surface area contributed by atoms with Crippen molar-refractivity contribution < 1.29 is 0 Å². The first-order valence-electron chi connectivity index (χ1n) is 7.88. The van der Waals surface area contributed by atoms with Crippen molar-refractivity contribution in [3.8, 4) is 0 Å². The first-order chi connectivity index (χ1) is 9.45. The highest BCUT2D eigenvalue weighted by atomic mass is 35.5. The molecule has 0 aromatic heterocycles. The molecule has 1 nitrogen and oxygen atoms in total. The molecule has 0 heterocycles. The third-order valence-corrected chi connectivity index (χ3v) is 5.12. The molecule has 2 heteroatoms. The van der Waals surface area contributed by atoms with Gasteiger partial charge in [-0.3, -0.25) is 0 Å². The number of halogens is 1. The highest BCUT2D eigenvalue weighted by Crippen LogP contribution is 2.47. The lowest BCUT2D eigenvalue weighted by Crippen LogP contribution is -2.47. The fourth-order valence-corrected chi connectivity index (χ4v) is 4.11. The van der Waals surface area contributed by atoms with Gasteiger partial charge in [-0.2, -0.15) is 0 Å². The van der Waals surface area contributed by atoms with Gasteiger partial charge in [-0.15, -0.1) is 0 Å². The SMILES string of the molecule is CC(C)CC(N(C)C)C1(c2ccc(Cl)cc2)CCCC1. The summed E-state index contributed by atoms with van der Waals surface area (Å²) in [6, 6.07) is 9.23. The summed E-state index contributed by atoms with van der Waals surface area (Å²) in [6.07, 6.45) is 6.58. The van der Waals surface area contributed by atoms with Crippen LogP contribution in [-0.4, -0.2) is 25.0 Å². The van der Waals surface area contributed by atoms with E-state index >= 15 is 0 Å². The Kier molecular flexibility index (Phi) is 5.14. The molecule has 0 saturated heterocycles. The zero-order valence-electron chi connectivity index (χ0n) is 13.3. The lowest BCUT2D eigenvalue weighted by molar-refractivity contribution is 0.149. The van der Waals surface area contributed by atoms with Crippen LogP contribution in [0.2, 0.25) is 5.02 Å². The molecule has 1 atom stereocenters. The van der Waals surface area contributed by atoms with Crippen LogP contribution in [-0.2, 0) is 5.41 Å². The Morgan fingerprint density at radius 2 is 1.65 bits per heavy atom. The smallest absolute Gasteiger partial charge is 0.0406 e. The molecule has 20 heavy (non-hydrogen) atoms. The van der Waals surface area contributed by atoms with Gasteiger partial charge in [0.05, 0.1) is 0 Å². The van der Waals surface area contributed by atoms with E-state index in [4.69, 9.17) is 11.6 Å². The van der Waals surface area contributed by atoms with Crippen LogP contribution in [0.25, 0.3) is 0 Å². The van der Waals surface area contributed by atoms with E-state index in [9.17, 15) is 0 Å². The zero-order valence-corrected chi connectivity index (χ0v) is 14.1. The number of hydrogen-bond donors (Lipinski definition) is 0. The molecule has 0 bridgehead atoms. The van der Waals surface area contributed by atoms with Crippen molar-refractivity contribution in [3.63, 3.8) is 0 Å². The molecule has 1 aliphatic rings. The Morgan fingerprint density at radius 3 is 2.10 bits per heavy atom. The molecule has 1 saturated carbocycles. The van der Waals surface area contributed by atoms with E-state index in [1.807, 2.05) is 0 Å². The summed E-state index contributed by atoms with van der Waals surface area (Å²) in [5.74, 6) is 0.729. The molecule has 1 unspecified atom stereocenters. The summed E-state index contributed by atoms with van der Waals surface area (Å²) >= 11 is 6.08. The molecular weight excluding hydrogens is 266 g/mol. The van der Waals surface area contributed by atoms with Crippen LogP contribution in [0.4, 0.5) is 0 Å². The number of hydrogen-bond acceptors (Lipinski definition) is 1. The Labute approximate surface area is 129 Å². The summed E-state index contributed by atoms with van der Waals surface area (Å²) in [5.41, 5.74) is 1.80. The molecule has 0 aliphatic heterocycles. The van der Waals surface area contributed by atoms with E-state index in [2.05, 4.69) is 57.1 Å². The minimum absolute atomic E-state index is 0.318. The average Bonchev–Trinajstić information content (AvgIpc) is 2.86. The largest absolute Gasteiger partial charge is 0.306 e. The highest BCUT2D eigenvalue weighted by Gasteiger charge is 2.43. The van der Waals surface area contributed by atoms with Crippen LogP contribution in [0.5, 0.6) is 0 Å². The molecule has 0 amide bonds. The molecule has 1 aliphatic carbocycles. The van der Waals surface area contributed by atoms with Gasteiger partial charge in [0.1, 0.15) is 0 Å². The summed E-state index contributed by atoms with van der Waals surface area (Å²) in [6.45, 7) is 4.67. The van der Waals surface area contributed by atoms with Crippen LogP contribution in [0, 0.1) is 5.92 Å². The van der Waals surface area contributed by atoms with E-state index in [0.29, 0.717) is 11.5 Å². The van der Waals surface area contributed by atoms with E-state index in [1.165, 1.54) is 37.7 Å². The van der Waals surface area contributed by atoms with Gasteiger partial charge in [-0.25, -0.2) is 0 Å². The maximum atomic E-state index is 6.08. The van der Waals surface area contributed by atoms with Crippen molar-refractivity contribution >= 4 is 11.6 Å². The fourth-order valence-electron chi connectivity index (χ4n) is 3.98. The Hall–Kier alpha value is -0.530. The van der Waals surface area contributed by atoms with E-state index < -0.39 is 0 Å². The molecule has 1 fully saturated rings. The normalized spacial score (nSPS) is 19.8. The molecule has 0 radical (unpaired) electrons. The van der Waals surface area contributed by atoms with Gasteiger partial charge in [0.25, 0.3) is 0 Å². The van der Waals surface area contributed by atoms with Crippen LogP contribution < -0.4 is 0 Å². The number of benzene rings is 1. The maximum Gasteiger partial charge on any atom is 0.0406 e. The fraction of sp³-hybridized carbons (Fsp3) is 0.667. The van der Waals surface area contributed by atoms with Crippen molar-refractivity contribution in [3.05, 3.63) is 34.9 Å². The second-order valence-corrected chi connectivity index (χ2v) is 7.42. The third-order valence-electron chi connectivity index (χ3n) is 4.87. The van der Waals surface area contributed by atoms with Crippen molar-refractivity contribution in [2.75, 3.05) is 14.1 Å². The van der Waals surface area contributed by atoms with Gasteiger partial charge in [0.15, 0.2) is 0 Å². The minimum Gasteiger partial charge on any atom is -0.306 e. The highest BCUT2D eigenvalue weighted by molar-refractivity contribution is 6.30. The summed E-state index contributed by atoms with van der Waals surface area (Å²) in [7, 11) is 4.48. The topological polar surface area (TPSA) is 3.24 Å². The van der Waals surface area contributed by atoms with Gasteiger partial charge >= 0.3 is 0 Å². The van der Waals surface area contributed by atoms with Gasteiger partial charge < -0.3 is 4.90 Å². The average molecular weight is 294 g/mol. The molecule has 112 valence electrons. The van der Waals surface area contributed by atoms with Crippen molar-refractivity contribution in [2.45, 2.75) is 57.4 Å². The van der Waals surface area contributed by atoms with Crippen LogP contribution >= 0.6 is 11.6 Å². The lowest BCUT2D eigenvalue weighted by atomic mass is 9.70. The Bertz CT molecular complexity index is 416. The van der Waals surface area contributed by atoms with E-state index in [0.717, 1.165) is 10.9 Å². The van der Waals surface area contributed by atoms with Crippen molar-refractivity contribution in [2.24, 2.45) is 5.92 Å². The molecule has 1 aromatic rings. The van der Waals surface area contributed by atoms with Gasteiger partial charge in [-0.05, 0) is 57.0 Å². The molecule has 2 rings (SSSR count). The van der Waals surface area contributed by atoms with Gasteiger partial charge in [-0.1, -0.05) is 50.4 Å². The first-order valence-corrected chi connectivity index (χ1v) is 8.26. The Morgan fingerprint density at radius 1 is 1.10 bits per heavy atom. The lowest BCUT2D eigenvalue weighted by Gasteiger charge is -2.43. The zero-order chi connectivity index (χ0) is 14.8. The van der Waals surface area contributed by atoms with Crippen molar-refractivity contribution in [1.82, 2.24) is 4.90 Å². The number of rotatable bonds is 5. The molecule has 1 aromatic carbocycles. The second-order valence-electron chi connectivity index (χ2n) is 6.98.